The average Bonchev–Trinajstić information content (AvgIpc) is 2.79. The lowest BCUT2D eigenvalue weighted by Gasteiger charge is -2.15. The zero-order valence-electron chi connectivity index (χ0n) is 9.91. The molecule has 2 aromatic heterocycles. The molecule has 0 aliphatic rings. The smallest absolute Gasteiger partial charge is 0.0925 e. The first-order chi connectivity index (χ1) is 7.66. The van der Waals surface area contributed by atoms with E-state index in [9.17, 15) is 0 Å². The van der Waals surface area contributed by atoms with E-state index in [1.54, 1.807) is 6.33 Å². The molecule has 0 atom stereocenters. The van der Waals surface area contributed by atoms with Crippen LogP contribution in [0.1, 0.15) is 22.6 Å². The largest absolute Gasteiger partial charge is 0.348 e. The number of aryl methyl sites for hydroxylation is 2. The fraction of sp³-hybridized carbons (Fsp3) is 0.455. The van der Waals surface area contributed by atoms with Gasteiger partial charge in [-0.05, 0) is 20.9 Å². The van der Waals surface area contributed by atoms with Crippen LogP contribution >= 0.6 is 0 Å². The van der Waals surface area contributed by atoms with Crippen LogP contribution in [0.15, 0.2) is 12.5 Å². The fourth-order valence-electron chi connectivity index (χ4n) is 1.68. The molecule has 86 valence electrons. The molecule has 0 saturated carbocycles. The van der Waals surface area contributed by atoms with Crippen LogP contribution in [0.3, 0.4) is 0 Å². The number of hydrogen-bond acceptors (Lipinski definition) is 3. The molecular formula is C11H17N5. The highest BCUT2D eigenvalue weighted by Gasteiger charge is 2.08. The Balaban J connectivity index is 1.97. The lowest BCUT2D eigenvalue weighted by molar-refractivity contribution is 0.314. The average molecular weight is 219 g/mol. The van der Waals surface area contributed by atoms with E-state index in [-0.39, 0.29) is 0 Å². The van der Waals surface area contributed by atoms with Gasteiger partial charge in [0.2, 0.25) is 0 Å². The number of H-pyrrole nitrogens is 2. The molecule has 16 heavy (non-hydrogen) atoms. The molecule has 0 spiro atoms. The van der Waals surface area contributed by atoms with Crippen molar-refractivity contribution >= 4 is 0 Å². The third kappa shape index (κ3) is 2.30. The Morgan fingerprint density at radius 3 is 2.62 bits per heavy atom. The summed E-state index contributed by atoms with van der Waals surface area (Å²) in [5.41, 5.74) is 4.60. The zero-order valence-corrected chi connectivity index (χ0v) is 9.91. The fourth-order valence-corrected chi connectivity index (χ4v) is 1.68. The molecule has 0 saturated heterocycles. The molecule has 0 unspecified atom stereocenters. The highest BCUT2D eigenvalue weighted by atomic mass is 15.1. The number of nitrogens with zero attached hydrogens (tertiary/aromatic N) is 3. The number of hydrogen-bond donors (Lipinski definition) is 2. The standard InChI is InChI=1S/C11H17N5/c1-8-10(4-14-15-8)5-16(3)6-11-9(2)12-7-13-11/h4,7H,5-6H2,1-3H3,(H,12,13)(H,14,15). The number of rotatable bonds is 4. The first kappa shape index (κ1) is 10.9. The van der Waals surface area contributed by atoms with Crippen molar-refractivity contribution in [1.82, 2.24) is 25.1 Å². The van der Waals surface area contributed by atoms with Crippen LogP contribution in [0.5, 0.6) is 0 Å². The lowest BCUT2D eigenvalue weighted by atomic mass is 10.2. The zero-order chi connectivity index (χ0) is 11.5. The van der Waals surface area contributed by atoms with Gasteiger partial charge in [0.1, 0.15) is 0 Å². The van der Waals surface area contributed by atoms with E-state index in [4.69, 9.17) is 0 Å². The van der Waals surface area contributed by atoms with Crippen LogP contribution < -0.4 is 0 Å². The van der Waals surface area contributed by atoms with E-state index >= 15 is 0 Å². The summed E-state index contributed by atoms with van der Waals surface area (Å²) in [6.45, 7) is 5.81. The first-order valence-corrected chi connectivity index (χ1v) is 5.33. The minimum Gasteiger partial charge on any atom is -0.348 e. The van der Waals surface area contributed by atoms with E-state index < -0.39 is 0 Å². The van der Waals surface area contributed by atoms with Gasteiger partial charge >= 0.3 is 0 Å². The second-order valence-corrected chi connectivity index (χ2v) is 4.17. The summed E-state index contributed by atoms with van der Waals surface area (Å²) in [5.74, 6) is 0. The quantitative estimate of drug-likeness (QED) is 0.816. The van der Waals surface area contributed by atoms with Gasteiger partial charge in [-0.3, -0.25) is 10.00 Å². The molecule has 2 N–H and O–H groups in total. The van der Waals surface area contributed by atoms with Crippen LogP contribution in [-0.2, 0) is 13.1 Å². The Kier molecular flexibility index (Phi) is 3.05. The lowest BCUT2D eigenvalue weighted by Crippen LogP contribution is -2.18. The molecule has 5 nitrogen and oxygen atoms in total. The van der Waals surface area contributed by atoms with Gasteiger partial charge in [-0.15, -0.1) is 0 Å². The van der Waals surface area contributed by atoms with Crippen LogP contribution in [0.2, 0.25) is 0 Å². The van der Waals surface area contributed by atoms with Crippen molar-refractivity contribution in [3.05, 3.63) is 35.2 Å². The van der Waals surface area contributed by atoms with E-state index in [1.807, 2.05) is 20.0 Å². The van der Waals surface area contributed by atoms with E-state index in [2.05, 4.69) is 32.1 Å². The first-order valence-electron chi connectivity index (χ1n) is 5.33. The van der Waals surface area contributed by atoms with E-state index in [1.165, 1.54) is 5.56 Å². The van der Waals surface area contributed by atoms with Crippen molar-refractivity contribution < 1.29 is 0 Å². The molecule has 0 aromatic carbocycles. The molecule has 2 aromatic rings. The van der Waals surface area contributed by atoms with Crippen LogP contribution in [-0.4, -0.2) is 32.1 Å². The second-order valence-electron chi connectivity index (χ2n) is 4.17. The third-order valence-electron chi connectivity index (χ3n) is 2.73. The van der Waals surface area contributed by atoms with Gasteiger partial charge in [-0.1, -0.05) is 0 Å². The molecule has 2 rings (SSSR count). The van der Waals surface area contributed by atoms with Gasteiger partial charge in [0.15, 0.2) is 0 Å². The SMILES string of the molecule is Cc1[nH]ncc1CN(C)Cc1nc[nH]c1C. The van der Waals surface area contributed by atoms with Crippen molar-refractivity contribution in [1.29, 1.82) is 0 Å². The van der Waals surface area contributed by atoms with Crippen molar-refractivity contribution in [2.75, 3.05) is 7.05 Å². The number of aromatic nitrogens is 4. The predicted octanol–water partition coefficient (Wildman–Crippen LogP) is 1.38. The molecule has 0 amide bonds. The molecule has 0 fully saturated rings. The van der Waals surface area contributed by atoms with Crippen LogP contribution in [0.4, 0.5) is 0 Å². The van der Waals surface area contributed by atoms with Gasteiger partial charge in [0, 0.05) is 30.0 Å². The van der Waals surface area contributed by atoms with Crippen molar-refractivity contribution in [3.63, 3.8) is 0 Å². The van der Waals surface area contributed by atoms with Crippen LogP contribution in [0.25, 0.3) is 0 Å². The van der Waals surface area contributed by atoms with Crippen LogP contribution in [0, 0.1) is 13.8 Å². The Labute approximate surface area is 94.9 Å². The Hall–Kier alpha value is -1.62. The topological polar surface area (TPSA) is 60.6 Å². The van der Waals surface area contributed by atoms with Gasteiger partial charge in [0.25, 0.3) is 0 Å². The van der Waals surface area contributed by atoms with Gasteiger partial charge in [-0.25, -0.2) is 4.98 Å². The van der Waals surface area contributed by atoms with E-state index in [0.717, 1.165) is 30.2 Å². The van der Waals surface area contributed by atoms with Gasteiger partial charge in [0.05, 0.1) is 18.2 Å². The predicted molar refractivity (Wildman–Crippen MR) is 61.8 cm³/mol. The molecule has 0 radical (unpaired) electrons. The normalized spacial score (nSPS) is 11.2. The molecule has 0 bridgehead atoms. The maximum absolute atomic E-state index is 4.29. The monoisotopic (exact) mass is 219 g/mol. The summed E-state index contributed by atoms with van der Waals surface area (Å²) < 4.78 is 0. The molecule has 2 heterocycles. The molecule has 0 aliphatic heterocycles. The van der Waals surface area contributed by atoms with Gasteiger partial charge in [-0.2, -0.15) is 5.10 Å². The highest BCUT2D eigenvalue weighted by molar-refractivity contribution is 5.14. The third-order valence-corrected chi connectivity index (χ3v) is 2.73. The van der Waals surface area contributed by atoms with Gasteiger partial charge < -0.3 is 4.98 Å². The van der Waals surface area contributed by atoms with Crippen molar-refractivity contribution in [3.8, 4) is 0 Å². The Bertz CT molecular complexity index is 414. The summed E-state index contributed by atoms with van der Waals surface area (Å²) in [6, 6.07) is 0. The minimum atomic E-state index is 0.847. The minimum absolute atomic E-state index is 0.847. The molecular weight excluding hydrogens is 202 g/mol. The Morgan fingerprint density at radius 2 is 2.06 bits per heavy atom. The van der Waals surface area contributed by atoms with Crippen molar-refractivity contribution in [2.45, 2.75) is 26.9 Å². The van der Waals surface area contributed by atoms with Crippen molar-refractivity contribution in [2.24, 2.45) is 0 Å². The second kappa shape index (κ2) is 4.49. The summed E-state index contributed by atoms with van der Waals surface area (Å²) in [4.78, 5) is 9.60. The highest BCUT2D eigenvalue weighted by Crippen LogP contribution is 2.09. The summed E-state index contributed by atoms with van der Waals surface area (Å²) in [7, 11) is 2.08. The number of aromatic amines is 2. The maximum atomic E-state index is 4.29. The molecule has 0 aliphatic carbocycles. The Morgan fingerprint density at radius 1 is 1.25 bits per heavy atom. The summed E-state index contributed by atoms with van der Waals surface area (Å²) >= 11 is 0. The van der Waals surface area contributed by atoms with E-state index in [0.29, 0.717) is 0 Å². The molecule has 5 heteroatoms. The number of nitrogens with one attached hydrogen (secondary N) is 2. The number of imidazole rings is 1. The summed E-state index contributed by atoms with van der Waals surface area (Å²) in [5, 5.41) is 6.96. The maximum Gasteiger partial charge on any atom is 0.0925 e. The summed E-state index contributed by atoms with van der Waals surface area (Å²) in [6.07, 6.45) is 3.62.